The molecule has 4 aromatic rings. The number of hydrogen-bond acceptors (Lipinski definition) is 6. The third-order valence-corrected chi connectivity index (χ3v) is 5.17. The Kier molecular flexibility index (Phi) is 5.40. The van der Waals surface area contributed by atoms with Crippen molar-refractivity contribution in [2.45, 2.75) is 0 Å². The van der Waals surface area contributed by atoms with Gasteiger partial charge in [-0.1, -0.05) is 84.1 Å². The molecule has 0 aliphatic carbocycles. The van der Waals surface area contributed by atoms with Crippen LogP contribution in [0.2, 0.25) is 0 Å². The molecule has 0 radical (unpaired) electrons. The molecule has 0 aliphatic rings. The van der Waals surface area contributed by atoms with Crippen molar-refractivity contribution in [3.63, 3.8) is 0 Å². The van der Waals surface area contributed by atoms with Crippen LogP contribution in [0.1, 0.15) is 5.56 Å². The Morgan fingerprint density at radius 3 is 2.31 bits per heavy atom. The lowest BCUT2D eigenvalue weighted by Gasteiger charge is -2.02. The Hall–Kier alpha value is -3.84. The highest BCUT2D eigenvalue weighted by molar-refractivity contribution is 7.19. The standard InChI is InChI=1S/C22H16N4O2S/c27-26(28)19-13-7-8-16(14-19)15-23-25-22-24-20(17-9-3-1-4-10-17)21(29-22)18-11-5-2-6-12-18/h1-15H,(H,24,25)/b23-15-. The van der Waals surface area contributed by atoms with Crippen LogP contribution in [0.3, 0.4) is 0 Å². The zero-order valence-corrected chi connectivity index (χ0v) is 16.0. The molecule has 0 saturated carbocycles. The van der Waals surface area contributed by atoms with E-state index in [4.69, 9.17) is 4.98 Å². The van der Waals surface area contributed by atoms with E-state index in [0.29, 0.717) is 10.7 Å². The average Bonchev–Trinajstić information content (AvgIpc) is 3.19. The number of aromatic nitrogens is 1. The molecule has 0 aliphatic heterocycles. The highest BCUT2D eigenvalue weighted by atomic mass is 32.1. The summed E-state index contributed by atoms with van der Waals surface area (Å²) in [5.74, 6) is 0. The zero-order chi connectivity index (χ0) is 20.1. The number of hydrazone groups is 1. The Labute approximate surface area is 171 Å². The molecule has 7 heteroatoms. The van der Waals surface area contributed by atoms with E-state index in [0.717, 1.165) is 21.7 Å². The number of nitro groups is 1. The highest BCUT2D eigenvalue weighted by Crippen LogP contribution is 2.38. The Morgan fingerprint density at radius 2 is 1.62 bits per heavy atom. The number of nitrogens with zero attached hydrogens (tertiary/aromatic N) is 3. The molecule has 0 atom stereocenters. The summed E-state index contributed by atoms with van der Waals surface area (Å²) in [4.78, 5) is 16.2. The SMILES string of the molecule is O=[N+]([O-])c1cccc(/C=N\Nc2nc(-c3ccccc3)c(-c3ccccc3)s2)c1. The Bertz CT molecular complexity index is 1100. The van der Waals surface area contributed by atoms with Crippen molar-refractivity contribution in [3.8, 4) is 21.7 Å². The van der Waals surface area contributed by atoms with Gasteiger partial charge in [0.05, 0.1) is 21.7 Å². The molecule has 4 rings (SSSR count). The first-order valence-corrected chi connectivity index (χ1v) is 9.67. The molecule has 1 N–H and O–H groups in total. The average molecular weight is 400 g/mol. The quantitative estimate of drug-likeness (QED) is 0.251. The lowest BCUT2D eigenvalue weighted by Crippen LogP contribution is -1.92. The van der Waals surface area contributed by atoms with Crippen LogP contribution < -0.4 is 5.43 Å². The molecular formula is C22H16N4O2S. The van der Waals surface area contributed by atoms with Crippen molar-refractivity contribution in [2.24, 2.45) is 5.10 Å². The normalized spacial score (nSPS) is 10.9. The number of anilines is 1. The van der Waals surface area contributed by atoms with Gasteiger partial charge in [0, 0.05) is 23.3 Å². The summed E-state index contributed by atoms with van der Waals surface area (Å²) < 4.78 is 0. The van der Waals surface area contributed by atoms with E-state index in [1.807, 2.05) is 48.5 Å². The fraction of sp³-hybridized carbons (Fsp3) is 0. The van der Waals surface area contributed by atoms with E-state index in [1.54, 1.807) is 18.3 Å². The lowest BCUT2D eigenvalue weighted by molar-refractivity contribution is -0.384. The molecule has 3 aromatic carbocycles. The number of nitro benzene ring substituents is 1. The molecular weight excluding hydrogens is 384 g/mol. The minimum atomic E-state index is -0.427. The predicted molar refractivity (Wildman–Crippen MR) is 117 cm³/mol. The second-order valence-corrected chi connectivity index (χ2v) is 7.15. The van der Waals surface area contributed by atoms with Crippen LogP contribution in [0, 0.1) is 10.1 Å². The Morgan fingerprint density at radius 1 is 0.931 bits per heavy atom. The van der Waals surface area contributed by atoms with Crippen LogP contribution in [-0.4, -0.2) is 16.1 Å². The summed E-state index contributed by atoms with van der Waals surface area (Å²) in [6.07, 6.45) is 1.54. The van der Waals surface area contributed by atoms with Gasteiger partial charge in [0.1, 0.15) is 0 Å². The first-order chi connectivity index (χ1) is 14.2. The smallest absolute Gasteiger partial charge is 0.258 e. The topological polar surface area (TPSA) is 80.4 Å². The highest BCUT2D eigenvalue weighted by Gasteiger charge is 2.14. The largest absolute Gasteiger partial charge is 0.270 e. The third-order valence-electron chi connectivity index (χ3n) is 4.17. The summed E-state index contributed by atoms with van der Waals surface area (Å²) in [6, 6.07) is 26.4. The van der Waals surface area contributed by atoms with Gasteiger partial charge in [-0.2, -0.15) is 5.10 Å². The second-order valence-electron chi connectivity index (χ2n) is 6.15. The number of thiazole rings is 1. The van der Waals surface area contributed by atoms with Gasteiger partial charge in [0.2, 0.25) is 5.13 Å². The first-order valence-electron chi connectivity index (χ1n) is 8.86. The van der Waals surface area contributed by atoms with Crippen LogP contribution in [0.5, 0.6) is 0 Å². The van der Waals surface area contributed by atoms with Crippen molar-refractivity contribution < 1.29 is 4.92 Å². The van der Waals surface area contributed by atoms with Gasteiger partial charge in [-0.15, -0.1) is 0 Å². The van der Waals surface area contributed by atoms with Gasteiger partial charge in [-0.05, 0) is 5.56 Å². The van der Waals surface area contributed by atoms with Crippen molar-refractivity contribution >= 4 is 28.4 Å². The maximum atomic E-state index is 10.9. The summed E-state index contributed by atoms with van der Waals surface area (Å²) in [7, 11) is 0. The maximum absolute atomic E-state index is 10.9. The van der Waals surface area contributed by atoms with Crippen LogP contribution in [0.15, 0.2) is 90.0 Å². The molecule has 29 heavy (non-hydrogen) atoms. The second kappa shape index (κ2) is 8.45. The third kappa shape index (κ3) is 4.36. The fourth-order valence-corrected chi connectivity index (χ4v) is 3.77. The van der Waals surface area contributed by atoms with E-state index < -0.39 is 4.92 Å². The summed E-state index contributed by atoms with van der Waals surface area (Å²) >= 11 is 1.51. The number of nitrogens with one attached hydrogen (secondary N) is 1. The fourth-order valence-electron chi connectivity index (χ4n) is 2.83. The van der Waals surface area contributed by atoms with Crippen LogP contribution in [-0.2, 0) is 0 Å². The van der Waals surface area contributed by atoms with Crippen molar-refractivity contribution in [1.29, 1.82) is 0 Å². The minimum absolute atomic E-state index is 0.0286. The molecule has 1 aromatic heterocycles. The summed E-state index contributed by atoms with van der Waals surface area (Å²) in [6.45, 7) is 0. The van der Waals surface area contributed by atoms with E-state index in [9.17, 15) is 10.1 Å². The molecule has 0 spiro atoms. The predicted octanol–water partition coefficient (Wildman–Crippen LogP) is 5.83. The van der Waals surface area contributed by atoms with Gasteiger partial charge in [0.15, 0.2) is 0 Å². The van der Waals surface area contributed by atoms with Gasteiger partial charge < -0.3 is 0 Å². The molecule has 0 fully saturated rings. The van der Waals surface area contributed by atoms with Crippen LogP contribution >= 0.6 is 11.3 Å². The van der Waals surface area contributed by atoms with Gasteiger partial charge in [0.25, 0.3) is 5.69 Å². The van der Waals surface area contributed by atoms with E-state index in [-0.39, 0.29) is 5.69 Å². The summed E-state index contributed by atoms with van der Waals surface area (Å²) in [5, 5.41) is 15.7. The Balaban J connectivity index is 1.62. The minimum Gasteiger partial charge on any atom is -0.258 e. The maximum Gasteiger partial charge on any atom is 0.270 e. The number of hydrogen-bond donors (Lipinski definition) is 1. The molecule has 0 unspecified atom stereocenters. The molecule has 6 nitrogen and oxygen atoms in total. The van der Waals surface area contributed by atoms with Gasteiger partial charge >= 0.3 is 0 Å². The zero-order valence-electron chi connectivity index (χ0n) is 15.2. The van der Waals surface area contributed by atoms with E-state index in [1.165, 1.54) is 23.5 Å². The van der Waals surface area contributed by atoms with Gasteiger partial charge in [-0.3, -0.25) is 15.5 Å². The van der Waals surface area contributed by atoms with Crippen molar-refractivity contribution in [2.75, 3.05) is 5.43 Å². The lowest BCUT2D eigenvalue weighted by atomic mass is 10.1. The molecule has 0 amide bonds. The first kappa shape index (κ1) is 18.5. The summed E-state index contributed by atoms with van der Waals surface area (Å²) in [5.41, 5.74) is 6.61. The molecule has 0 saturated heterocycles. The van der Waals surface area contributed by atoms with Crippen molar-refractivity contribution in [3.05, 3.63) is 101 Å². The molecule has 142 valence electrons. The van der Waals surface area contributed by atoms with Crippen molar-refractivity contribution in [1.82, 2.24) is 4.98 Å². The number of benzene rings is 3. The molecule has 1 heterocycles. The monoisotopic (exact) mass is 400 g/mol. The van der Waals surface area contributed by atoms with Crippen LogP contribution in [0.4, 0.5) is 10.8 Å². The van der Waals surface area contributed by atoms with E-state index in [2.05, 4.69) is 22.7 Å². The van der Waals surface area contributed by atoms with Crippen LogP contribution in [0.25, 0.3) is 21.7 Å². The molecule has 0 bridgehead atoms. The number of non-ortho nitro benzene ring substituents is 1. The van der Waals surface area contributed by atoms with E-state index >= 15 is 0 Å². The number of rotatable bonds is 6. The van der Waals surface area contributed by atoms with Gasteiger partial charge in [-0.25, -0.2) is 4.98 Å².